The van der Waals surface area contributed by atoms with E-state index in [9.17, 15) is 0 Å². The van der Waals surface area contributed by atoms with E-state index in [1.807, 2.05) is 0 Å². The summed E-state index contributed by atoms with van der Waals surface area (Å²) in [5.41, 5.74) is 0. The molecule has 0 aromatic heterocycles. The van der Waals surface area contributed by atoms with Gasteiger partial charge in [-0.2, -0.15) is 0 Å². The molecule has 0 heterocycles. The molecule has 0 spiro atoms. The number of rotatable bonds is 8. The SMILES string of the molecule is CCC(CCCCC(C)C)COC. The minimum atomic E-state index is 0.789. The van der Waals surface area contributed by atoms with Gasteiger partial charge in [0.25, 0.3) is 0 Å². The molecule has 0 amide bonds. The van der Waals surface area contributed by atoms with Crippen LogP contribution in [0.25, 0.3) is 0 Å². The largest absolute Gasteiger partial charge is 0.384 e. The van der Waals surface area contributed by atoms with Crippen molar-refractivity contribution in [2.45, 2.75) is 52.9 Å². The maximum Gasteiger partial charge on any atom is 0.0490 e. The van der Waals surface area contributed by atoms with Crippen molar-refractivity contribution >= 4 is 0 Å². The summed E-state index contributed by atoms with van der Waals surface area (Å²) < 4.78 is 5.17. The standard InChI is InChI=1S/C12H26O/c1-5-12(10-13-4)9-7-6-8-11(2)3/h11-12H,5-10H2,1-4H3. The second-order valence-corrected chi connectivity index (χ2v) is 4.41. The Morgan fingerprint density at radius 2 is 1.69 bits per heavy atom. The predicted octanol–water partition coefficient (Wildman–Crippen LogP) is 3.88. The van der Waals surface area contributed by atoms with Crippen molar-refractivity contribution in [2.24, 2.45) is 11.8 Å². The maximum absolute atomic E-state index is 5.17. The number of hydrogen-bond acceptors (Lipinski definition) is 1. The average molecular weight is 186 g/mol. The van der Waals surface area contributed by atoms with Gasteiger partial charge in [-0.15, -0.1) is 0 Å². The Bertz CT molecular complexity index is 99.3. The second kappa shape index (κ2) is 8.55. The molecule has 13 heavy (non-hydrogen) atoms. The van der Waals surface area contributed by atoms with Crippen LogP contribution in [0, 0.1) is 11.8 Å². The van der Waals surface area contributed by atoms with Gasteiger partial charge in [-0.1, -0.05) is 46.5 Å². The van der Waals surface area contributed by atoms with Gasteiger partial charge in [-0.05, 0) is 18.3 Å². The maximum atomic E-state index is 5.17. The fraction of sp³-hybridized carbons (Fsp3) is 1.00. The summed E-state index contributed by atoms with van der Waals surface area (Å²) in [6.07, 6.45) is 6.74. The van der Waals surface area contributed by atoms with Gasteiger partial charge in [0.15, 0.2) is 0 Å². The normalized spacial score (nSPS) is 13.6. The molecule has 0 saturated heterocycles. The third kappa shape index (κ3) is 8.29. The van der Waals surface area contributed by atoms with E-state index >= 15 is 0 Å². The van der Waals surface area contributed by atoms with Gasteiger partial charge in [0.1, 0.15) is 0 Å². The molecule has 1 unspecified atom stereocenters. The third-order valence-electron chi connectivity index (χ3n) is 2.62. The third-order valence-corrected chi connectivity index (χ3v) is 2.62. The molecule has 0 radical (unpaired) electrons. The van der Waals surface area contributed by atoms with Crippen molar-refractivity contribution in [3.05, 3.63) is 0 Å². The molecule has 0 aliphatic rings. The molecule has 1 atom stereocenters. The molecule has 1 heteroatoms. The summed E-state index contributed by atoms with van der Waals surface area (Å²) in [6.45, 7) is 7.79. The molecule has 0 N–H and O–H groups in total. The first-order chi connectivity index (χ1) is 6.20. The van der Waals surface area contributed by atoms with Crippen molar-refractivity contribution < 1.29 is 4.74 Å². The van der Waals surface area contributed by atoms with E-state index in [1.54, 1.807) is 7.11 Å². The number of hydrogen-bond donors (Lipinski definition) is 0. The first-order valence-corrected chi connectivity index (χ1v) is 5.69. The highest BCUT2D eigenvalue weighted by atomic mass is 16.5. The lowest BCUT2D eigenvalue weighted by molar-refractivity contribution is 0.144. The molecular weight excluding hydrogens is 160 g/mol. The molecular formula is C12H26O. The zero-order valence-electron chi connectivity index (χ0n) is 9.81. The molecule has 0 rings (SSSR count). The summed E-state index contributed by atoms with van der Waals surface area (Å²) in [5.74, 6) is 1.65. The first kappa shape index (κ1) is 13.0. The molecule has 0 saturated carbocycles. The summed E-state index contributed by atoms with van der Waals surface area (Å²) >= 11 is 0. The van der Waals surface area contributed by atoms with Gasteiger partial charge in [0.05, 0.1) is 0 Å². The van der Waals surface area contributed by atoms with Gasteiger partial charge >= 0.3 is 0 Å². The summed E-state index contributed by atoms with van der Waals surface area (Å²) in [5, 5.41) is 0. The number of methoxy groups -OCH3 is 1. The summed E-state index contributed by atoms with van der Waals surface area (Å²) in [4.78, 5) is 0. The van der Waals surface area contributed by atoms with Crippen molar-refractivity contribution in [2.75, 3.05) is 13.7 Å². The quantitative estimate of drug-likeness (QED) is 0.523. The topological polar surface area (TPSA) is 9.23 Å². The van der Waals surface area contributed by atoms with Gasteiger partial charge in [-0.25, -0.2) is 0 Å². The zero-order chi connectivity index (χ0) is 10.1. The summed E-state index contributed by atoms with van der Waals surface area (Å²) in [7, 11) is 1.80. The van der Waals surface area contributed by atoms with E-state index in [4.69, 9.17) is 4.74 Å². The fourth-order valence-electron chi connectivity index (χ4n) is 1.63. The van der Waals surface area contributed by atoms with Gasteiger partial charge in [-0.3, -0.25) is 0 Å². The van der Waals surface area contributed by atoms with Crippen LogP contribution >= 0.6 is 0 Å². The lowest BCUT2D eigenvalue weighted by atomic mass is 9.97. The molecule has 1 nitrogen and oxygen atoms in total. The van der Waals surface area contributed by atoms with Gasteiger partial charge in [0, 0.05) is 13.7 Å². The molecule has 0 aliphatic heterocycles. The molecule has 0 aromatic carbocycles. The van der Waals surface area contributed by atoms with E-state index in [2.05, 4.69) is 20.8 Å². The highest BCUT2D eigenvalue weighted by Crippen LogP contribution is 2.15. The minimum Gasteiger partial charge on any atom is -0.384 e. The highest BCUT2D eigenvalue weighted by molar-refractivity contribution is 4.57. The van der Waals surface area contributed by atoms with Crippen molar-refractivity contribution in [1.29, 1.82) is 0 Å². The van der Waals surface area contributed by atoms with Crippen LogP contribution in [0.1, 0.15) is 52.9 Å². The Morgan fingerprint density at radius 3 is 2.15 bits per heavy atom. The van der Waals surface area contributed by atoms with E-state index in [0.29, 0.717) is 0 Å². The molecule has 0 aliphatic carbocycles. The van der Waals surface area contributed by atoms with Crippen molar-refractivity contribution in [3.8, 4) is 0 Å². The Labute approximate surface area is 83.9 Å². The Kier molecular flexibility index (Phi) is 8.53. The first-order valence-electron chi connectivity index (χ1n) is 5.69. The van der Waals surface area contributed by atoms with E-state index in [-0.39, 0.29) is 0 Å². The minimum absolute atomic E-state index is 0.789. The van der Waals surface area contributed by atoms with Crippen LogP contribution < -0.4 is 0 Å². The van der Waals surface area contributed by atoms with E-state index < -0.39 is 0 Å². The molecule has 0 fully saturated rings. The van der Waals surface area contributed by atoms with Gasteiger partial charge in [0.2, 0.25) is 0 Å². The Morgan fingerprint density at radius 1 is 1.08 bits per heavy atom. The zero-order valence-corrected chi connectivity index (χ0v) is 9.81. The van der Waals surface area contributed by atoms with Gasteiger partial charge < -0.3 is 4.74 Å². The lowest BCUT2D eigenvalue weighted by Gasteiger charge is -2.13. The predicted molar refractivity (Wildman–Crippen MR) is 59.0 cm³/mol. The monoisotopic (exact) mass is 186 g/mol. The lowest BCUT2D eigenvalue weighted by Crippen LogP contribution is -2.06. The van der Waals surface area contributed by atoms with Crippen LogP contribution in [0.3, 0.4) is 0 Å². The van der Waals surface area contributed by atoms with Crippen LogP contribution in [0.4, 0.5) is 0 Å². The van der Waals surface area contributed by atoms with E-state index in [1.165, 1.54) is 32.1 Å². The summed E-state index contributed by atoms with van der Waals surface area (Å²) in [6, 6.07) is 0. The average Bonchev–Trinajstić information content (AvgIpc) is 2.10. The molecule has 80 valence electrons. The van der Waals surface area contributed by atoms with Crippen LogP contribution in [-0.4, -0.2) is 13.7 Å². The fourth-order valence-corrected chi connectivity index (χ4v) is 1.63. The smallest absolute Gasteiger partial charge is 0.0490 e. The molecule has 0 aromatic rings. The van der Waals surface area contributed by atoms with Crippen LogP contribution in [0.15, 0.2) is 0 Å². The van der Waals surface area contributed by atoms with Crippen molar-refractivity contribution in [3.63, 3.8) is 0 Å². The second-order valence-electron chi connectivity index (χ2n) is 4.41. The van der Waals surface area contributed by atoms with Crippen molar-refractivity contribution in [1.82, 2.24) is 0 Å². The highest BCUT2D eigenvalue weighted by Gasteiger charge is 2.05. The molecule has 0 bridgehead atoms. The number of unbranched alkanes of at least 4 members (excludes halogenated alkanes) is 1. The number of ether oxygens (including phenoxy) is 1. The van der Waals surface area contributed by atoms with Crippen LogP contribution in [0.2, 0.25) is 0 Å². The van der Waals surface area contributed by atoms with Crippen LogP contribution in [0.5, 0.6) is 0 Å². The Balaban J connectivity index is 3.27. The van der Waals surface area contributed by atoms with Crippen LogP contribution in [-0.2, 0) is 4.74 Å². The van der Waals surface area contributed by atoms with E-state index in [0.717, 1.165) is 18.4 Å². The Hall–Kier alpha value is -0.0400.